The van der Waals surface area contributed by atoms with Crippen LogP contribution in [0.1, 0.15) is 27.7 Å². The van der Waals surface area contributed by atoms with Gasteiger partial charge in [-0.3, -0.25) is 9.69 Å². The summed E-state index contributed by atoms with van der Waals surface area (Å²) in [6, 6.07) is 10.1. The summed E-state index contributed by atoms with van der Waals surface area (Å²) in [4.78, 5) is 15.6. The van der Waals surface area contributed by atoms with Crippen molar-refractivity contribution in [3.63, 3.8) is 0 Å². The zero-order chi connectivity index (χ0) is 16.4. The van der Waals surface area contributed by atoms with Crippen LogP contribution < -0.4 is 0 Å². The van der Waals surface area contributed by atoms with Crippen LogP contribution in [0.4, 0.5) is 0 Å². The number of nitrogens with zero attached hydrogens (tertiary/aromatic N) is 6. The molecule has 0 radical (unpaired) electrons. The van der Waals surface area contributed by atoms with E-state index in [1.54, 1.807) is 25.0 Å². The van der Waals surface area contributed by atoms with E-state index in [1.807, 2.05) is 24.3 Å². The third-order valence-corrected chi connectivity index (χ3v) is 3.98. The fraction of sp³-hybridized carbons (Fsp3) is 0.375. The lowest BCUT2D eigenvalue weighted by Gasteiger charge is -2.39. The number of hydrogen-bond donors (Lipinski definition) is 0. The first-order valence-corrected chi connectivity index (χ1v) is 7.42. The van der Waals surface area contributed by atoms with Crippen molar-refractivity contribution in [2.24, 2.45) is 0 Å². The molecule has 1 amide bonds. The minimum atomic E-state index is -0.143. The van der Waals surface area contributed by atoms with Crippen molar-refractivity contribution < 1.29 is 4.79 Å². The molecule has 1 aliphatic rings. The first kappa shape index (κ1) is 15.2. The Morgan fingerprint density at radius 2 is 2.13 bits per heavy atom. The van der Waals surface area contributed by atoms with Crippen LogP contribution in [-0.2, 0) is 6.54 Å². The molecule has 7 heteroatoms. The fourth-order valence-corrected chi connectivity index (χ4v) is 2.63. The molecule has 1 saturated heterocycles. The molecular formula is C16H18N6O. The monoisotopic (exact) mass is 310 g/mol. The van der Waals surface area contributed by atoms with Crippen LogP contribution >= 0.6 is 0 Å². The van der Waals surface area contributed by atoms with Crippen molar-refractivity contribution in [2.45, 2.75) is 12.6 Å². The van der Waals surface area contributed by atoms with Crippen LogP contribution in [0.2, 0.25) is 0 Å². The van der Waals surface area contributed by atoms with E-state index in [1.165, 1.54) is 4.90 Å². The Labute approximate surface area is 134 Å². The Kier molecular flexibility index (Phi) is 4.08. The van der Waals surface area contributed by atoms with Gasteiger partial charge >= 0.3 is 0 Å². The molecule has 1 fully saturated rings. The molecule has 1 aromatic heterocycles. The van der Waals surface area contributed by atoms with Gasteiger partial charge < -0.3 is 4.90 Å². The minimum absolute atomic E-state index is 0.143. The number of nitriles is 1. The van der Waals surface area contributed by atoms with Gasteiger partial charge in [0.1, 0.15) is 0 Å². The quantitative estimate of drug-likeness (QED) is 0.839. The Morgan fingerprint density at radius 1 is 1.39 bits per heavy atom. The van der Waals surface area contributed by atoms with Gasteiger partial charge in [0.15, 0.2) is 5.69 Å². The third kappa shape index (κ3) is 3.07. The maximum absolute atomic E-state index is 11.8. The standard InChI is InChI=1S/C16H18N6O/c1-20(2)16(23)15-11-22(19-18-15)14-9-21(10-14)8-13-6-4-3-5-12(13)7-17/h3-6,11,14H,8-10H2,1-2H3. The van der Waals surface area contributed by atoms with Crippen molar-refractivity contribution in [3.8, 4) is 6.07 Å². The van der Waals surface area contributed by atoms with Crippen LogP contribution in [0.25, 0.3) is 0 Å². The molecule has 0 unspecified atom stereocenters. The van der Waals surface area contributed by atoms with Crippen LogP contribution in [0.15, 0.2) is 30.5 Å². The van der Waals surface area contributed by atoms with E-state index in [4.69, 9.17) is 5.26 Å². The molecule has 0 atom stereocenters. The van der Waals surface area contributed by atoms with Gasteiger partial charge in [-0.15, -0.1) is 5.10 Å². The number of rotatable bonds is 4. The van der Waals surface area contributed by atoms with E-state index in [-0.39, 0.29) is 11.9 Å². The summed E-state index contributed by atoms with van der Waals surface area (Å²) in [5.41, 5.74) is 2.12. The van der Waals surface area contributed by atoms with Crippen molar-refractivity contribution in [1.29, 1.82) is 5.26 Å². The van der Waals surface area contributed by atoms with Gasteiger partial charge in [0.25, 0.3) is 5.91 Å². The van der Waals surface area contributed by atoms with E-state index in [0.29, 0.717) is 5.69 Å². The minimum Gasteiger partial charge on any atom is -0.343 e. The lowest BCUT2D eigenvalue weighted by Crippen LogP contribution is -2.47. The Hall–Kier alpha value is -2.72. The number of amides is 1. The van der Waals surface area contributed by atoms with Gasteiger partial charge in [-0.1, -0.05) is 23.4 Å². The van der Waals surface area contributed by atoms with Crippen LogP contribution in [-0.4, -0.2) is 57.9 Å². The van der Waals surface area contributed by atoms with E-state index in [9.17, 15) is 4.79 Å². The Morgan fingerprint density at radius 3 is 2.83 bits per heavy atom. The highest BCUT2D eigenvalue weighted by Crippen LogP contribution is 2.23. The molecule has 0 saturated carbocycles. The highest BCUT2D eigenvalue weighted by atomic mass is 16.2. The number of likely N-dealkylation sites (tertiary alicyclic amines) is 1. The topological polar surface area (TPSA) is 78.0 Å². The summed E-state index contributed by atoms with van der Waals surface area (Å²) in [7, 11) is 3.39. The second kappa shape index (κ2) is 6.18. The number of aromatic nitrogens is 3. The zero-order valence-corrected chi connectivity index (χ0v) is 13.2. The molecule has 2 aromatic rings. The maximum Gasteiger partial charge on any atom is 0.275 e. The zero-order valence-electron chi connectivity index (χ0n) is 13.2. The first-order chi connectivity index (χ1) is 11.1. The normalized spacial score (nSPS) is 15.0. The number of hydrogen-bond acceptors (Lipinski definition) is 5. The predicted molar refractivity (Wildman–Crippen MR) is 83.5 cm³/mol. The third-order valence-electron chi connectivity index (χ3n) is 3.98. The van der Waals surface area contributed by atoms with Gasteiger partial charge in [-0.2, -0.15) is 5.26 Å². The molecule has 118 valence electrons. The number of carbonyl (C=O) groups excluding carboxylic acids is 1. The van der Waals surface area contributed by atoms with E-state index < -0.39 is 0 Å². The Balaban J connectivity index is 1.59. The van der Waals surface area contributed by atoms with E-state index in [2.05, 4.69) is 21.3 Å². The van der Waals surface area contributed by atoms with Crippen molar-refractivity contribution in [3.05, 3.63) is 47.3 Å². The Bertz CT molecular complexity index is 754. The van der Waals surface area contributed by atoms with Gasteiger partial charge in [0, 0.05) is 33.7 Å². The summed E-state index contributed by atoms with van der Waals surface area (Å²) in [5, 5.41) is 17.1. The molecule has 0 aliphatic carbocycles. The molecule has 0 spiro atoms. The number of benzene rings is 1. The number of carbonyl (C=O) groups is 1. The maximum atomic E-state index is 11.8. The van der Waals surface area contributed by atoms with Gasteiger partial charge in [-0.05, 0) is 11.6 Å². The molecule has 2 heterocycles. The van der Waals surface area contributed by atoms with E-state index >= 15 is 0 Å². The molecule has 0 N–H and O–H groups in total. The summed E-state index contributed by atoms with van der Waals surface area (Å²) in [6.07, 6.45) is 1.70. The lowest BCUT2D eigenvalue weighted by molar-refractivity contribution is 0.0820. The second-order valence-corrected chi connectivity index (χ2v) is 5.90. The molecule has 0 bridgehead atoms. The van der Waals surface area contributed by atoms with Gasteiger partial charge in [-0.25, -0.2) is 4.68 Å². The van der Waals surface area contributed by atoms with Crippen LogP contribution in [0.5, 0.6) is 0 Å². The summed E-state index contributed by atoms with van der Waals surface area (Å²) in [5.74, 6) is -0.143. The molecular weight excluding hydrogens is 292 g/mol. The molecule has 1 aliphatic heterocycles. The average Bonchev–Trinajstić information content (AvgIpc) is 2.99. The van der Waals surface area contributed by atoms with Crippen LogP contribution in [0, 0.1) is 11.3 Å². The summed E-state index contributed by atoms with van der Waals surface area (Å²) >= 11 is 0. The molecule has 3 rings (SSSR count). The average molecular weight is 310 g/mol. The SMILES string of the molecule is CN(C)C(=O)c1cn(C2CN(Cc3ccccc3C#N)C2)nn1. The molecule has 1 aromatic carbocycles. The largest absolute Gasteiger partial charge is 0.343 e. The summed E-state index contributed by atoms with van der Waals surface area (Å²) < 4.78 is 1.75. The molecule has 23 heavy (non-hydrogen) atoms. The highest BCUT2D eigenvalue weighted by molar-refractivity contribution is 5.91. The smallest absolute Gasteiger partial charge is 0.275 e. The van der Waals surface area contributed by atoms with Crippen molar-refractivity contribution in [1.82, 2.24) is 24.8 Å². The molecule has 7 nitrogen and oxygen atoms in total. The van der Waals surface area contributed by atoms with Crippen molar-refractivity contribution in [2.75, 3.05) is 27.2 Å². The van der Waals surface area contributed by atoms with Gasteiger partial charge in [0.2, 0.25) is 0 Å². The first-order valence-electron chi connectivity index (χ1n) is 7.42. The van der Waals surface area contributed by atoms with Crippen molar-refractivity contribution >= 4 is 5.91 Å². The predicted octanol–water partition coefficient (Wildman–Crippen LogP) is 0.908. The lowest BCUT2D eigenvalue weighted by atomic mass is 10.0. The van der Waals surface area contributed by atoms with Crippen LogP contribution in [0.3, 0.4) is 0 Å². The summed E-state index contributed by atoms with van der Waals surface area (Å²) in [6.45, 7) is 2.41. The second-order valence-electron chi connectivity index (χ2n) is 5.90. The van der Waals surface area contributed by atoms with E-state index in [0.717, 1.165) is 30.8 Å². The highest BCUT2D eigenvalue weighted by Gasteiger charge is 2.30. The fourth-order valence-electron chi connectivity index (χ4n) is 2.63. The van der Waals surface area contributed by atoms with Gasteiger partial charge in [0.05, 0.1) is 23.9 Å².